The molecule has 0 fully saturated rings. The molecule has 0 heterocycles. The molecule has 0 aromatic heterocycles. The summed E-state index contributed by atoms with van der Waals surface area (Å²) in [6.45, 7) is 3.15. The van der Waals surface area contributed by atoms with Crippen LogP contribution in [0, 0.1) is 54.3 Å². The highest BCUT2D eigenvalue weighted by molar-refractivity contribution is 5.48. The summed E-state index contributed by atoms with van der Waals surface area (Å²) in [5.74, 6) is 5.52. The Bertz CT molecular complexity index is 989. The van der Waals surface area contributed by atoms with Crippen LogP contribution in [-0.2, 0) is 29.3 Å². The summed E-state index contributed by atoms with van der Waals surface area (Å²) in [6.07, 6.45) is 10.5. The Morgan fingerprint density at radius 2 is 1.41 bits per heavy atom. The van der Waals surface area contributed by atoms with Crippen molar-refractivity contribution in [3.05, 3.63) is 63.7 Å². The van der Waals surface area contributed by atoms with Gasteiger partial charge in [-0.25, -0.2) is 0 Å². The second kappa shape index (κ2) is 11.2. The maximum Gasteiger partial charge on any atom is 0.130 e. The summed E-state index contributed by atoms with van der Waals surface area (Å²) in [4.78, 5) is 0. The molecule has 0 saturated heterocycles. The van der Waals surface area contributed by atoms with Crippen molar-refractivity contribution in [2.75, 3.05) is 13.2 Å². The van der Waals surface area contributed by atoms with Crippen LogP contribution >= 0.6 is 0 Å². The molecule has 29 heavy (non-hydrogen) atoms. The molecule has 0 aliphatic carbocycles. The molecular formula is C24H20N2O3. The van der Waals surface area contributed by atoms with Crippen LogP contribution in [0.3, 0.4) is 0 Å². The zero-order valence-electron chi connectivity index (χ0n) is 16.2. The van der Waals surface area contributed by atoms with E-state index in [1.165, 1.54) is 0 Å². The minimum atomic E-state index is 0.192. The third-order valence-electron chi connectivity index (χ3n) is 3.98. The molecule has 2 aromatic rings. The Morgan fingerprint density at radius 3 is 1.93 bits per heavy atom. The van der Waals surface area contributed by atoms with Gasteiger partial charge in [0.25, 0.3) is 0 Å². The first kappa shape index (κ1) is 21.6. The van der Waals surface area contributed by atoms with Gasteiger partial charge < -0.3 is 14.2 Å². The molecule has 0 bridgehead atoms. The van der Waals surface area contributed by atoms with E-state index < -0.39 is 0 Å². The lowest BCUT2D eigenvalue weighted by Crippen LogP contribution is -2.06. The van der Waals surface area contributed by atoms with Crippen LogP contribution in [0.1, 0.15) is 33.4 Å². The highest BCUT2D eigenvalue weighted by atomic mass is 16.5. The first-order valence-corrected chi connectivity index (χ1v) is 8.83. The van der Waals surface area contributed by atoms with E-state index in [1.807, 2.05) is 31.2 Å². The van der Waals surface area contributed by atoms with Gasteiger partial charge in [-0.2, -0.15) is 10.5 Å². The molecule has 2 aromatic carbocycles. The summed E-state index contributed by atoms with van der Waals surface area (Å²) >= 11 is 0. The highest BCUT2D eigenvalue weighted by Crippen LogP contribution is 2.29. The number of terminal acetylenes is 2. The van der Waals surface area contributed by atoms with Gasteiger partial charge in [0.2, 0.25) is 0 Å². The molecule has 0 N–H and O–H groups in total. The Labute approximate surface area is 171 Å². The van der Waals surface area contributed by atoms with Crippen molar-refractivity contribution in [1.29, 1.82) is 10.5 Å². The van der Waals surface area contributed by atoms with Crippen molar-refractivity contribution >= 4 is 0 Å². The average Bonchev–Trinajstić information content (AvgIpc) is 2.73. The van der Waals surface area contributed by atoms with Crippen LogP contribution in [0.2, 0.25) is 0 Å². The Balaban J connectivity index is 2.30. The number of nitrogens with zero attached hydrogens (tertiary/aromatic N) is 2. The number of hydrogen-bond donors (Lipinski definition) is 0. The Morgan fingerprint density at radius 1 is 0.828 bits per heavy atom. The molecule has 0 radical (unpaired) electrons. The smallest absolute Gasteiger partial charge is 0.130 e. The quantitative estimate of drug-likeness (QED) is 0.488. The SMILES string of the molecule is C#CCOCc1cc(C)cc(COCC#C)c1OCc1ccc(C#N)c(C#N)c1. The first-order chi connectivity index (χ1) is 14.1. The summed E-state index contributed by atoms with van der Waals surface area (Å²) in [6, 6.07) is 13.0. The van der Waals surface area contributed by atoms with Crippen LogP contribution in [0.4, 0.5) is 0 Å². The topological polar surface area (TPSA) is 75.3 Å². The molecule has 5 nitrogen and oxygen atoms in total. The van der Waals surface area contributed by atoms with Gasteiger partial charge in [0, 0.05) is 11.1 Å². The number of rotatable bonds is 9. The summed E-state index contributed by atoms with van der Waals surface area (Å²) < 4.78 is 17.1. The zero-order chi connectivity index (χ0) is 21.1. The van der Waals surface area contributed by atoms with E-state index in [0.29, 0.717) is 30.1 Å². The van der Waals surface area contributed by atoms with Crippen molar-refractivity contribution in [3.63, 3.8) is 0 Å². The molecule has 0 spiro atoms. The summed E-state index contributed by atoms with van der Waals surface area (Å²) in [7, 11) is 0. The van der Waals surface area contributed by atoms with Gasteiger partial charge in [-0.1, -0.05) is 35.6 Å². The first-order valence-electron chi connectivity index (χ1n) is 8.83. The lowest BCUT2D eigenvalue weighted by Gasteiger charge is -2.17. The van der Waals surface area contributed by atoms with E-state index in [2.05, 4.69) is 11.8 Å². The van der Waals surface area contributed by atoms with Crippen molar-refractivity contribution in [1.82, 2.24) is 0 Å². The van der Waals surface area contributed by atoms with E-state index in [0.717, 1.165) is 22.3 Å². The molecular weight excluding hydrogens is 364 g/mol. The molecule has 0 aliphatic heterocycles. The van der Waals surface area contributed by atoms with E-state index in [4.69, 9.17) is 32.3 Å². The molecule has 144 valence electrons. The maximum absolute atomic E-state index is 9.21. The lowest BCUT2D eigenvalue weighted by atomic mass is 10.0. The molecule has 2 rings (SSSR count). The monoisotopic (exact) mass is 384 g/mol. The van der Waals surface area contributed by atoms with Crippen LogP contribution in [0.5, 0.6) is 5.75 Å². The fourth-order valence-electron chi connectivity index (χ4n) is 2.79. The predicted octanol–water partition coefficient (Wildman–Crippen LogP) is 3.62. The van der Waals surface area contributed by atoms with Crippen molar-refractivity contribution in [2.24, 2.45) is 0 Å². The van der Waals surface area contributed by atoms with E-state index >= 15 is 0 Å². The number of benzene rings is 2. The maximum atomic E-state index is 9.21. The standard InChI is InChI=1S/C24H20N2O3/c1-4-8-27-16-22-10-18(3)11-23(17-28-9-5-2)24(22)29-15-19-6-7-20(13-25)21(12-19)14-26/h1-2,6-7,10-12H,8-9,15-17H2,3H3. The molecule has 0 amide bonds. The van der Waals surface area contributed by atoms with Crippen LogP contribution in [0.15, 0.2) is 30.3 Å². The summed E-state index contributed by atoms with van der Waals surface area (Å²) in [5.41, 5.74) is 4.13. The van der Waals surface area contributed by atoms with E-state index in [-0.39, 0.29) is 19.8 Å². The average molecular weight is 384 g/mol. The zero-order valence-corrected chi connectivity index (χ0v) is 16.2. The van der Waals surface area contributed by atoms with E-state index in [9.17, 15) is 5.26 Å². The van der Waals surface area contributed by atoms with Gasteiger partial charge >= 0.3 is 0 Å². The minimum absolute atomic E-state index is 0.192. The number of hydrogen-bond acceptors (Lipinski definition) is 5. The molecule has 0 unspecified atom stereocenters. The predicted molar refractivity (Wildman–Crippen MR) is 108 cm³/mol. The van der Waals surface area contributed by atoms with Crippen LogP contribution in [0.25, 0.3) is 0 Å². The van der Waals surface area contributed by atoms with Gasteiger partial charge in [-0.15, -0.1) is 12.8 Å². The molecule has 0 atom stereocenters. The number of nitriles is 2. The van der Waals surface area contributed by atoms with Crippen molar-refractivity contribution in [2.45, 2.75) is 26.7 Å². The Kier molecular flexibility index (Phi) is 8.31. The molecule has 5 heteroatoms. The number of ether oxygens (including phenoxy) is 3. The highest BCUT2D eigenvalue weighted by Gasteiger charge is 2.13. The van der Waals surface area contributed by atoms with Crippen molar-refractivity contribution < 1.29 is 14.2 Å². The van der Waals surface area contributed by atoms with Gasteiger partial charge in [-0.3, -0.25) is 0 Å². The van der Waals surface area contributed by atoms with Crippen LogP contribution < -0.4 is 4.74 Å². The minimum Gasteiger partial charge on any atom is -0.488 e. The third-order valence-corrected chi connectivity index (χ3v) is 3.98. The van der Waals surface area contributed by atoms with E-state index in [1.54, 1.807) is 18.2 Å². The van der Waals surface area contributed by atoms with Crippen LogP contribution in [-0.4, -0.2) is 13.2 Å². The molecule has 0 aliphatic rings. The summed E-state index contributed by atoms with van der Waals surface area (Å²) in [5, 5.41) is 18.3. The fourth-order valence-corrected chi connectivity index (χ4v) is 2.79. The van der Waals surface area contributed by atoms with Gasteiger partial charge in [0.15, 0.2) is 0 Å². The largest absolute Gasteiger partial charge is 0.488 e. The second-order valence-corrected chi connectivity index (χ2v) is 6.20. The van der Waals surface area contributed by atoms with Gasteiger partial charge in [0.1, 0.15) is 37.7 Å². The van der Waals surface area contributed by atoms with Gasteiger partial charge in [-0.05, 0) is 24.6 Å². The lowest BCUT2D eigenvalue weighted by molar-refractivity contribution is 0.141. The third kappa shape index (κ3) is 6.14. The van der Waals surface area contributed by atoms with Crippen molar-refractivity contribution in [3.8, 4) is 42.6 Å². The molecule has 0 saturated carbocycles. The number of aryl methyl sites for hydroxylation is 1. The van der Waals surface area contributed by atoms with Gasteiger partial charge in [0.05, 0.1) is 24.3 Å². The second-order valence-electron chi connectivity index (χ2n) is 6.20. The Hall–Kier alpha value is -3.74. The fraction of sp³-hybridized carbons (Fsp3) is 0.250. The normalized spacial score (nSPS) is 9.69.